The van der Waals surface area contributed by atoms with E-state index in [0.717, 1.165) is 18.1 Å². The Morgan fingerprint density at radius 1 is 1.38 bits per heavy atom. The van der Waals surface area contributed by atoms with Gasteiger partial charge in [-0.1, -0.05) is 0 Å². The van der Waals surface area contributed by atoms with Crippen LogP contribution in [0.4, 0.5) is 0 Å². The molecule has 2 fully saturated rings. The second-order valence-electron chi connectivity index (χ2n) is 5.06. The summed E-state index contributed by atoms with van der Waals surface area (Å²) in [6.45, 7) is 2.42. The Balaban J connectivity index is 0.00000220. The van der Waals surface area contributed by atoms with Crippen molar-refractivity contribution in [3.8, 4) is 0 Å². The number of methoxy groups -OCH3 is 1. The Hall–Kier alpha value is -0.900. The predicted molar refractivity (Wildman–Crippen MR) is 62.5 cm³/mol. The number of carboxylic acid groups (broad SMARTS) is 1. The first-order valence-electron chi connectivity index (χ1n) is 5.64. The molecule has 0 aromatic rings. The number of β-lactam (4-membered cyclic amide) rings is 1. The third-order valence-electron chi connectivity index (χ3n) is 3.66. The number of esters is 1. The van der Waals surface area contributed by atoms with Gasteiger partial charge in [-0.2, -0.15) is 0 Å². The number of carbonyl (C=O) groups excluding carboxylic acids is 3. The molecule has 0 aromatic heterocycles. The molecule has 0 spiro atoms. The number of rotatable bonds is 2. The number of aliphatic carboxylic acids is 1. The zero-order valence-corrected chi connectivity index (χ0v) is 14.8. The van der Waals surface area contributed by atoms with Gasteiger partial charge >= 0.3 is 35.5 Å². The zero-order chi connectivity index (χ0) is 15.5. The van der Waals surface area contributed by atoms with Crippen molar-refractivity contribution in [2.24, 2.45) is 0 Å². The Kier molecular flexibility index (Phi) is 4.65. The summed E-state index contributed by atoms with van der Waals surface area (Å²) in [4.78, 5) is 34.9. The van der Waals surface area contributed by atoms with E-state index in [1.165, 1.54) is 13.8 Å². The number of fused-ring (bicyclic) bond motifs is 1. The summed E-state index contributed by atoms with van der Waals surface area (Å²) in [6.07, 6.45) is 0.773. The van der Waals surface area contributed by atoms with E-state index in [0.29, 0.717) is 0 Å². The van der Waals surface area contributed by atoms with Crippen LogP contribution in [0.15, 0.2) is 11.6 Å². The van der Waals surface area contributed by atoms with Gasteiger partial charge < -0.3 is 19.5 Å². The van der Waals surface area contributed by atoms with Crippen LogP contribution < -0.4 is 34.7 Å². The number of nitrogens with zero attached hydrogens (tertiary/aromatic N) is 1. The van der Waals surface area contributed by atoms with Crippen LogP contribution in [0.2, 0.25) is 0 Å². The van der Waals surface area contributed by atoms with Gasteiger partial charge in [0.05, 0.1) is 29.4 Å². The maximum absolute atomic E-state index is 12.3. The number of ether oxygens (including phenoxy) is 1. The van der Waals surface area contributed by atoms with E-state index in [-0.39, 0.29) is 35.1 Å². The summed E-state index contributed by atoms with van der Waals surface area (Å²) >= 11 is 0. The standard InChI is InChI=1S/C11H13NO7S.Na/c1-11(2)7(10(15)16)12-8(14)5(4-6(13)19-3)9(12)20(11,17)18;/h4,7,9H,1-3H3,(H,15,16);/q;+1/p-1/b5-4-;/t7-,9+;/m0./s1. The second kappa shape index (κ2) is 5.38. The minimum atomic E-state index is -3.99. The summed E-state index contributed by atoms with van der Waals surface area (Å²) in [7, 11) is -2.91. The Labute approximate surface area is 143 Å². The van der Waals surface area contributed by atoms with E-state index < -0.39 is 43.8 Å². The molecule has 0 aliphatic carbocycles. The van der Waals surface area contributed by atoms with Crippen molar-refractivity contribution in [2.45, 2.75) is 30.0 Å². The van der Waals surface area contributed by atoms with Crippen molar-refractivity contribution in [3.63, 3.8) is 0 Å². The molecule has 0 saturated carbocycles. The molecule has 0 aromatic carbocycles. The molecule has 0 radical (unpaired) electrons. The van der Waals surface area contributed by atoms with Crippen molar-refractivity contribution in [2.75, 3.05) is 7.11 Å². The number of carboxylic acids is 1. The van der Waals surface area contributed by atoms with Crippen LogP contribution >= 0.6 is 0 Å². The molecule has 21 heavy (non-hydrogen) atoms. The number of hydrogen-bond acceptors (Lipinski definition) is 7. The molecule has 2 aliphatic rings. The van der Waals surface area contributed by atoms with Crippen molar-refractivity contribution >= 4 is 27.7 Å². The van der Waals surface area contributed by atoms with Crippen LogP contribution in [-0.4, -0.2) is 54.4 Å². The van der Waals surface area contributed by atoms with Crippen LogP contribution in [0.25, 0.3) is 0 Å². The van der Waals surface area contributed by atoms with Gasteiger partial charge in [-0.05, 0) is 13.8 Å². The molecule has 0 bridgehead atoms. The van der Waals surface area contributed by atoms with Crippen molar-refractivity contribution in [1.29, 1.82) is 0 Å². The SMILES string of the molecule is COC(=O)/C=C1/C(=O)N2[C@@H](C(=O)[O-])C(C)(C)S(=O)(=O)[C@H]12.[Na+]. The van der Waals surface area contributed by atoms with E-state index in [9.17, 15) is 27.9 Å². The third kappa shape index (κ3) is 2.23. The van der Waals surface area contributed by atoms with Gasteiger partial charge in [0, 0.05) is 6.08 Å². The molecule has 2 atom stereocenters. The molecule has 2 saturated heterocycles. The fourth-order valence-corrected chi connectivity index (χ4v) is 4.62. The van der Waals surface area contributed by atoms with Crippen LogP contribution in [0.3, 0.4) is 0 Å². The minimum absolute atomic E-state index is 0. The molecular weight excluding hydrogens is 313 g/mol. The summed E-state index contributed by atoms with van der Waals surface area (Å²) in [5.74, 6) is -3.34. The van der Waals surface area contributed by atoms with Gasteiger partial charge in [0.1, 0.15) is 0 Å². The maximum Gasteiger partial charge on any atom is 1.00 e. The first kappa shape index (κ1) is 18.1. The van der Waals surface area contributed by atoms with Gasteiger partial charge in [-0.15, -0.1) is 0 Å². The zero-order valence-electron chi connectivity index (χ0n) is 11.9. The van der Waals surface area contributed by atoms with Crippen LogP contribution in [0, 0.1) is 0 Å². The Morgan fingerprint density at radius 3 is 2.33 bits per heavy atom. The largest absolute Gasteiger partial charge is 1.00 e. The molecule has 0 N–H and O–H groups in total. The fourth-order valence-electron chi connectivity index (χ4n) is 2.51. The van der Waals surface area contributed by atoms with Gasteiger partial charge in [-0.3, -0.25) is 4.79 Å². The summed E-state index contributed by atoms with van der Waals surface area (Å²) in [6, 6.07) is -1.58. The fraction of sp³-hybridized carbons (Fsp3) is 0.545. The number of carbonyl (C=O) groups is 3. The van der Waals surface area contributed by atoms with Crippen molar-refractivity contribution in [1.82, 2.24) is 4.90 Å². The van der Waals surface area contributed by atoms with Crippen LogP contribution in [0.1, 0.15) is 13.8 Å². The van der Waals surface area contributed by atoms with E-state index in [1.807, 2.05) is 0 Å². The molecular formula is C11H12NNaO7S. The smallest absolute Gasteiger partial charge is 0.548 e. The normalized spacial score (nSPS) is 30.1. The molecule has 0 unspecified atom stereocenters. The molecule has 2 aliphatic heterocycles. The van der Waals surface area contributed by atoms with Crippen LogP contribution in [0.5, 0.6) is 0 Å². The Morgan fingerprint density at radius 2 is 1.90 bits per heavy atom. The summed E-state index contributed by atoms with van der Waals surface area (Å²) in [5, 5.41) is 9.71. The second-order valence-corrected chi connectivity index (χ2v) is 7.65. The van der Waals surface area contributed by atoms with E-state index in [1.54, 1.807) is 0 Å². The average molecular weight is 325 g/mol. The minimum Gasteiger partial charge on any atom is -0.548 e. The van der Waals surface area contributed by atoms with Crippen LogP contribution in [-0.2, 0) is 29.0 Å². The van der Waals surface area contributed by atoms with E-state index >= 15 is 0 Å². The van der Waals surface area contributed by atoms with Gasteiger partial charge in [0.25, 0.3) is 5.91 Å². The quantitative estimate of drug-likeness (QED) is 0.215. The maximum atomic E-state index is 12.3. The number of sulfone groups is 1. The number of amides is 1. The summed E-state index contributed by atoms with van der Waals surface area (Å²) < 4.78 is 27.3. The van der Waals surface area contributed by atoms with Gasteiger partial charge in [0.15, 0.2) is 15.2 Å². The van der Waals surface area contributed by atoms with Crippen molar-refractivity contribution in [3.05, 3.63) is 11.6 Å². The van der Waals surface area contributed by atoms with Gasteiger partial charge in [-0.25, -0.2) is 13.2 Å². The first-order chi connectivity index (χ1) is 9.07. The molecule has 8 nitrogen and oxygen atoms in total. The molecule has 10 heteroatoms. The monoisotopic (exact) mass is 325 g/mol. The average Bonchev–Trinajstić information content (AvgIpc) is 2.48. The van der Waals surface area contributed by atoms with E-state index in [2.05, 4.69) is 4.74 Å². The topological polar surface area (TPSA) is 121 Å². The molecule has 2 rings (SSSR count). The summed E-state index contributed by atoms with van der Waals surface area (Å²) in [5.41, 5.74) is -0.284. The third-order valence-corrected chi connectivity index (χ3v) is 6.42. The molecule has 2 heterocycles. The van der Waals surface area contributed by atoms with Crippen molar-refractivity contribution < 1.29 is 62.2 Å². The first-order valence-corrected chi connectivity index (χ1v) is 7.18. The van der Waals surface area contributed by atoms with E-state index in [4.69, 9.17) is 0 Å². The Bertz CT molecular complexity index is 651. The molecule has 110 valence electrons. The number of hydrogen-bond donors (Lipinski definition) is 0. The molecule has 1 amide bonds. The van der Waals surface area contributed by atoms with Gasteiger partial charge in [0.2, 0.25) is 0 Å². The predicted octanol–water partition coefficient (Wildman–Crippen LogP) is -5.42.